The maximum absolute atomic E-state index is 9.92. The van der Waals surface area contributed by atoms with E-state index in [1.807, 2.05) is 36.6 Å². The van der Waals surface area contributed by atoms with Gasteiger partial charge in [-0.15, -0.1) is 11.3 Å². The van der Waals surface area contributed by atoms with Crippen LogP contribution in [0.4, 0.5) is 5.69 Å². The topological polar surface area (TPSA) is 41.5 Å². The number of thiophene rings is 1. The second-order valence-electron chi connectivity index (χ2n) is 4.71. The largest absolute Gasteiger partial charge is 0.389 e. The quantitative estimate of drug-likeness (QED) is 0.733. The molecule has 2 rings (SSSR count). The lowest BCUT2D eigenvalue weighted by Crippen LogP contribution is -2.24. The van der Waals surface area contributed by atoms with Gasteiger partial charge >= 0.3 is 0 Å². The molecule has 6 heteroatoms. The minimum absolute atomic E-state index is 0.294. The van der Waals surface area contributed by atoms with E-state index in [-0.39, 0.29) is 0 Å². The van der Waals surface area contributed by atoms with Gasteiger partial charge in [-0.2, -0.15) is 0 Å². The monoisotopic (exact) mass is 389 g/mol. The summed E-state index contributed by atoms with van der Waals surface area (Å²) in [5.41, 5.74) is 1.87. The number of benzene rings is 1. The van der Waals surface area contributed by atoms with Gasteiger partial charge in [0, 0.05) is 20.9 Å². The van der Waals surface area contributed by atoms with Crippen molar-refractivity contribution in [2.24, 2.45) is 0 Å². The fourth-order valence-corrected chi connectivity index (χ4v) is 3.16. The Bertz CT molecular complexity index is 577. The summed E-state index contributed by atoms with van der Waals surface area (Å²) in [6.07, 6.45) is -0.572. The Balaban J connectivity index is 1.76. The summed E-state index contributed by atoms with van der Waals surface area (Å²) in [6, 6.07) is 7.80. The van der Waals surface area contributed by atoms with Gasteiger partial charge in [0.15, 0.2) is 0 Å². The minimum Gasteiger partial charge on any atom is -0.389 e. The number of ether oxygens (including phenoxy) is 1. The highest BCUT2D eigenvalue weighted by Gasteiger charge is 2.08. The summed E-state index contributed by atoms with van der Waals surface area (Å²) in [7, 11) is 0. The van der Waals surface area contributed by atoms with Crippen molar-refractivity contribution < 1.29 is 9.84 Å². The molecule has 0 spiro atoms. The summed E-state index contributed by atoms with van der Waals surface area (Å²) in [5.74, 6) is 0. The molecule has 0 aliphatic carbocycles. The molecule has 1 atom stereocenters. The van der Waals surface area contributed by atoms with Gasteiger partial charge in [0.2, 0.25) is 0 Å². The first-order chi connectivity index (χ1) is 10.1. The Morgan fingerprint density at radius 1 is 1.48 bits per heavy atom. The molecule has 0 radical (unpaired) electrons. The van der Waals surface area contributed by atoms with Gasteiger partial charge in [-0.25, -0.2) is 0 Å². The SMILES string of the molecule is Cc1cc(Br)c(NCC(O)COCc2cccs2)cc1Cl. The molecule has 0 bridgehead atoms. The van der Waals surface area contributed by atoms with Crippen LogP contribution in [0.3, 0.4) is 0 Å². The third kappa shape index (κ3) is 5.27. The molecule has 1 unspecified atom stereocenters. The fraction of sp³-hybridized carbons (Fsp3) is 0.333. The van der Waals surface area contributed by atoms with Gasteiger partial charge < -0.3 is 15.2 Å². The molecule has 21 heavy (non-hydrogen) atoms. The number of aryl methyl sites for hydroxylation is 1. The second kappa shape index (κ2) is 8.15. The Morgan fingerprint density at radius 2 is 2.29 bits per heavy atom. The van der Waals surface area contributed by atoms with Crippen molar-refractivity contribution in [2.75, 3.05) is 18.5 Å². The molecule has 0 aliphatic rings. The minimum atomic E-state index is -0.572. The molecule has 1 heterocycles. The van der Waals surface area contributed by atoms with Crippen LogP contribution < -0.4 is 5.32 Å². The molecule has 2 aromatic rings. The number of hydrogen-bond acceptors (Lipinski definition) is 4. The van der Waals surface area contributed by atoms with Crippen molar-refractivity contribution >= 4 is 44.6 Å². The first kappa shape index (κ1) is 16.8. The summed E-state index contributed by atoms with van der Waals surface area (Å²) >= 11 is 11.2. The molecule has 1 aromatic heterocycles. The predicted molar refractivity (Wildman–Crippen MR) is 92.4 cm³/mol. The number of aliphatic hydroxyl groups is 1. The highest BCUT2D eigenvalue weighted by molar-refractivity contribution is 9.10. The fourth-order valence-electron chi connectivity index (χ4n) is 1.76. The Morgan fingerprint density at radius 3 is 3.00 bits per heavy atom. The average molecular weight is 391 g/mol. The smallest absolute Gasteiger partial charge is 0.0945 e. The van der Waals surface area contributed by atoms with E-state index in [4.69, 9.17) is 16.3 Å². The lowest BCUT2D eigenvalue weighted by Gasteiger charge is -2.15. The van der Waals surface area contributed by atoms with Crippen LogP contribution in [0.1, 0.15) is 10.4 Å². The van der Waals surface area contributed by atoms with Crippen molar-refractivity contribution in [1.29, 1.82) is 0 Å². The molecule has 0 saturated carbocycles. The number of nitrogens with one attached hydrogen (secondary N) is 1. The molecule has 2 N–H and O–H groups in total. The van der Waals surface area contributed by atoms with Crippen molar-refractivity contribution in [1.82, 2.24) is 0 Å². The first-order valence-corrected chi connectivity index (χ1v) is 8.59. The zero-order chi connectivity index (χ0) is 15.2. The van der Waals surface area contributed by atoms with E-state index in [1.54, 1.807) is 11.3 Å². The van der Waals surface area contributed by atoms with E-state index in [2.05, 4.69) is 21.2 Å². The van der Waals surface area contributed by atoms with Crippen LogP contribution in [0.25, 0.3) is 0 Å². The van der Waals surface area contributed by atoms with Gasteiger partial charge in [-0.05, 0) is 52.0 Å². The van der Waals surface area contributed by atoms with Crippen molar-refractivity contribution in [2.45, 2.75) is 19.6 Å². The molecule has 0 saturated heterocycles. The van der Waals surface area contributed by atoms with Crippen LogP contribution >= 0.6 is 38.9 Å². The molecular formula is C15H17BrClNO2S. The van der Waals surface area contributed by atoms with Crippen LogP contribution in [0.5, 0.6) is 0 Å². The van der Waals surface area contributed by atoms with E-state index in [0.717, 1.165) is 20.6 Å². The van der Waals surface area contributed by atoms with Gasteiger partial charge in [0.25, 0.3) is 0 Å². The maximum Gasteiger partial charge on any atom is 0.0945 e. The second-order valence-corrected chi connectivity index (χ2v) is 7.00. The Hall–Kier alpha value is -0.590. The van der Waals surface area contributed by atoms with Crippen LogP contribution in [-0.2, 0) is 11.3 Å². The van der Waals surface area contributed by atoms with Crippen molar-refractivity contribution in [3.63, 3.8) is 0 Å². The summed E-state index contributed by atoms with van der Waals surface area (Å²) in [5, 5.41) is 15.8. The standard InChI is InChI=1S/C15H17BrClNO2S/c1-10-5-13(16)15(6-14(10)17)18-7-11(19)8-20-9-12-3-2-4-21-12/h2-6,11,18-19H,7-9H2,1H3. The van der Waals surface area contributed by atoms with E-state index in [0.29, 0.717) is 24.8 Å². The van der Waals surface area contributed by atoms with Gasteiger partial charge in [0.1, 0.15) is 0 Å². The summed E-state index contributed by atoms with van der Waals surface area (Å²) in [4.78, 5) is 1.16. The number of anilines is 1. The molecule has 114 valence electrons. The molecule has 0 amide bonds. The van der Waals surface area contributed by atoms with Crippen molar-refractivity contribution in [3.05, 3.63) is 49.6 Å². The highest BCUT2D eigenvalue weighted by Crippen LogP contribution is 2.29. The molecule has 0 fully saturated rings. The van der Waals surface area contributed by atoms with Crippen LogP contribution in [0.15, 0.2) is 34.1 Å². The zero-order valence-corrected chi connectivity index (χ0v) is 14.8. The predicted octanol–water partition coefficient (Wildman–Crippen LogP) is 4.46. The van der Waals surface area contributed by atoms with Crippen LogP contribution in [0.2, 0.25) is 5.02 Å². The summed E-state index contributed by atoms with van der Waals surface area (Å²) < 4.78 is 6.41. The number of aliphatic hydroxyl groups excluding tert-OH is 1. The molecule has 0 aliphatic heterocycles. The third-order valence-electron chi connectivity index (χ3n) is 2.91. The molecular weight excluding hydrogens is 374 g/mol. The first-order valence-electron chi connectivity index (χ1n) is 6.54. The van der Waals surface area contributed by atoms with E-state index < -0.39 is 6.10 Å². The van der Waals surface area contributed by atoms with Gasteiger partial charge in [-0.3, -0.25) is 0 Å². The Kier molecular flexibility index (Phi) is 6.51. The van der Waals surface area contributed by atoms with Crippen molar-refractivity contribution in [3.8, 4) is 0 Å². The number of halogens is 2. The number of rotatable bonds is 7. The maximum atomic E-state index is 9.92. The van der Waals surface area contributed by atoms with E-state index in [1.165, 1.54) is 0 Å². The third-order valence-corrected chi connectivity index (χ3v) is 4.82. The lowest BCUT2D eigenvalue weighted by atomic mass is 10.2. The number of hydrogen-bond donors (Lipinski definition) is 2. The normalized spacial score (nSPS) is 12.4. The Labute approximate surface area is 142 Å². The van der Waals surface area contributed by atoms with Crippen LogP contribution in [-0.4, -0.2) is 24.4 Å². The van der Waals surface area contributed by atoms with E-state index in [9.17, 15) is 5.11 Å². The van der Waals surface area contributed by atoms with E-state index >= 15 is 0 Å². The van der Waals surface area contributed by atoms with Crippen LogP contribution in [0, 0.1) is 6.92 Å². The molecule has 3 nitrogen and oxygen atoms in total. The van der Waals surface area contributed by atoms with Gasteiger partial charge in [0.05, 0.1) is 25.0 Å². The zero-order valence-electron chi connectivity index (χ0n) is 11.6. The lowest BCUT2D eigenvalue weighted by molar-refractivity contribution is 0.0359. The highest BCUT2D eigenvalue weighted by atomic mass is 79.9. The summed E-state index contributed by atoms with van der Waals surface area (Å²) in [6.45, 7) is 3.18. The van der Waals surface area contributed by atoms with Gasteiger partial charge in [-0.1, -0.05) is 17.7 Å². The molecule has 1 aromatic carbocycles. The average Bonchev–Trinajstić information content (AvgIpc) is 2.94.